The van der Waals surface area contributed by atoms with Crippen molar-refractivity contribution in [3.8, 4) is 0 Å². The van der Waals surface area contributed by atoms with Gasteiger partial charge in [0.1, 0.15) is 0 Å². The first-order valence-electron chi connectivity index (χ1n) is 8.26. The molecule has 2 rings (SSSR count). The third-order valence-corrected chi connectivity index (χ3v) is 5.20. The molecule has 2 fully saturated rings. The molecule has 20 heavy (non-hydrogen) atoms. The van der Waals surface area contributed by atoms with E-state index in [1.165, 1.54) is 38.5 Å². The number of carbonyl (C=O) groups excluding carboxylic acids is 1. The standard InChI is InChI=1S/C16H31N3O/c1-13-6-8-14(9-7-13)18(3)16(20)12-19-10-4-5-15(19)11-17-2/h13-15,17H,4-12H2,1-3H3. The third-order valence-electron chi connectivity index (χ3n) is 5.20. The van der Waals surface area contributed by atoms with Gasteiger partial charge < -0.3 is 10.2 Å². The maximum Gasteiger partial charge on any atom is 0.236 e. The lowest BCUT2D eigenvalue weighted by Crippen LogP contribution is -2.47. The molecule has 0 aromatic carbocycles. The number of rotatable bonds is 5. The summed E-state index contributed by atoms with van der Waals surface area (Å²) in [7, 11) is 4.00. The van der Waals surface area contributed by atoms with Crippen LogP contribution in [0.15, 0.2) is 0 Å². The Balaban J connectivity index is 1.81. The molecule has 116 valence electrons. The molecule has 1 heterocycles. The summed E-state index contributed by atoms with van der Waals surface area (Å²) in [6, 6.07) is 1.02. The van der Waals surface area contributed by atoms with Crippen LogP contribution < -0.4 is 5.32 Å². The minimum atomic E-state index is 0.313. The zero-order valence-electron chi connectivity index (χ0n) is 13.4. The van der Waals surface area contributed by atoms with Crippen molar-refractivity contribution in [2.45, 2.75) is 57.5 Å². The number of nitrogens with one attached hydrogen (secondary N) is 1. The second-order valence-electron chi connectivity index (χ2n) is 6.74. The lowest BCUT2D eigenvalue weighted by atomic mass is 9.87. The summed E-state index contributed by atoms with van der Waals surface area (Å²) in [5, 5.41) is 3.24. The van der Waals surface area contributed by atoms with Gasteiger partial charge in [-0.2, -0.15) is 0 Å². The highest BCUT2D eigenvalue weighted by atomic mass is 16.2. The van der Waals surface area contributed by atoms with E-state index >= 15 is 0 Å². The summed E-state index contributed by atoms with van der Waals surface area (Å²) in [6.07, 6.45) is 7.36. The molecule has 1 N–H and O–H groups in total. The van der Waals surface area contributed by atoms with E-state index in [0.29, 0.717) is 24.5 Å². The normalized spacial score (nSPS) is 31.4. The van der Waals surface area contributed by atoms with Crippen LogP contribution in [0.1, 0.15) is 45.4 Å². The Kier molecular flexibility index (Phi) is 5.85. The molecule has 0 radical (unpaired) electrons. The lowest BCUT2D eigenvalue weighted by molar-refractivity contribution is -0.134. The number of nitrogens with zero attached hydrogens (tertiary/aromatic N) is 2. The Morgan fingerprint density at radius 3 is 2.60 bits per heavy atom. The fourth-order valence-corrected chi connectivity index (χ4v) is 3.69. The minimum Gasteiger partial charge on any atom is -0.342 e. The first kappa shape index (κ1) is 15.8. The second kappa shape index (κ2) is 7.41. The number of amides is 1. The molecule has 0 bridgehead atoms. The van der Waals surface area contributed by atoms with E-state index in [-0.39, 0.29) is 0 Å². The third kappa shape index (κ3) is 3.95. The smallest absolute Gasteiger partial charge is 0.236 e. The predicted octanol–water partition coefficient (Wildman–Crippen LogP) is 1.71. The van der Waals surface area contributed by atoms with Crippen molar-refractivity contribution in [1.29, 1.82) is 0 Å². The van der Waals surface area contributed by atoms with Crippen LogP contribution in [-0.2, 0) is 4.79 Å². The minimum absolute atomic E-state index is 0.313. The van der Waals surface area contributed by atoms with Crippen molar-refractivity contribution in [2.75, 3.05) is 33.7 Å². The molecule has 4 nitrogen and oxygen atoms in total. The molecule has 0 spiro atoms. The van der Waals surface area contributed by atoms with Gasteiger partial charge in [0.2, 0.25) is 5.91 Å². The van der Waals surface area contributed by atoms with Crippen molar-refractivity contribution < 1.29 is 4.79 Å². The average Bonchev–Trinajstić information content (AvgIpc) is 2.86. The van der Waals surface area contributed by atoms with Gasteiger partial charge in [0.25, 0.3) is 0 Å². The molecular formula is C16H31N3O. The summed E-state index contributed by atoms with van der Waals surface area (Å²) < 4.78 is 0. The number of hydrogen-bond donors (Lipinski definition) is 1. The van der Waals surface area contributed by atoms with Gasteiger partial charge >= 0.3 is 0 Å². The highest BCUT2D eigenvalue weighted by Crippen LogP contribution is 2.26. The van der Waals surface area contributed by atoms with Crippen molar-refractivity contribution in [3.63, 3.8) is 0 Å². The fourth-order valence-electron chi connectivity index (χ4n) is 3.69. The molecule has 0 aromatic heterocycles. The van der Waals surface area contributed by atoms with Crippen LogP contribution in [0.25, 0.3) is 0 Å². The van der Waals surface area contributed by atoms with Gasteiger partial charge in [-0.05, 0) is 58.0 Å². The van der Waals surface area contributed by atoms with Crippen LogP contribution in [0, 0.1) is 5.92 Å². The molecule has 4 heteroatoms. The van der Waals surface area contributed by atoms with E-state index < -0.39 is 0 Å². The zero-order chi connectivity index (χ0) is 14.5. The van der Waals surface area contributed by atoms with E-state index in [9.17, 15) is 4.79 Å². The van der Waals surface area contributed by atoms with Crippen molar-refractivity contribution in [1.82, 2.24) is 15.1 Å². The largest absolute Gasteiger partial charge is 0.342 e. The van der Waals surface area contributed by atoms with Crippen LogP contribution in [0.5, 0.6) is 0 Å². The maximum atomic E-state index is 12.5. The maximum absolute atomic E-state index is 12.5. The monoisotopic (exact) mass is 281 g/mol. The van der Waals surface area contributed by atoms with Gasteiger partial charge in [0.15, 0.2) is 0 Å². The topological polar surface area (TPSA) is 35.6 Å². The number of hydrogen-bond acceptors (Lipinski definition) is 3. The molecule has 1 aliphatic heterocycles. The molecule has 1 saturated carbocycles. The average molecular weight is 281 g/mol. The zero-order valence-corrected chi connectivity index (χ0v) is 13.4. The Morgan fingerprint density at radius 2 is 1.95 bits per heavy atom. The number of likely N-dealkylation sites (tertiary alicyclic amines) is 1. The van der Waals surface area contributed by atoms with Crippen LogP contribution in [0.2, 0.25) is 0 Å². The van der Waals surface area contributed by atoms with E-state index in [4.69, 9.17) is 0 Å². The van der Waals surface area contributed by atoms with Crippen LogP contribution in [0.4, 0.5) is 0 Å². The molecule has 1 unspecified atom stereocenters. The summed E-state index contributed by atoms with van der Waals surface area (Å²) in [5.74, 6) is 1.15. The van der Waals surface area contributed by atoms with Crippen molar-refractivity contribution in [3.05, 3.63) is 0 Å². The highest BCUT2D eigenvalue weighted by molar-refractivity contribution is 5.78. The van der Waals surface area contributed by atoms with E-state index in [0.717, 1.165) is 19.0 Å². The molecule has 1 amide bonds. The molecule has 0 aromatic rings. The van der Waals surface area contributed by atoms with E-state index in [1.54, 1.807) is 0 Å². The Morgan fingerprint density at radius 1 is 1.25 bits per heavy atom. The first-order chi connectivity index (χ1) is 9.61. The molecule has 1 saturated heterocycles. The fraction of sp³-hybridized carbons (Fsp3) is 0.938. The van der Waals surface area contributed by atoms with Crippen molar-refractivity contribution in [2.24, 2.45) is 5.92 Å². The van der Waals surface area contributed by atoms with Crippen LogP contribution in [-0.4, -0.2) is 61.5 Å². The van der Waals surface area contributed by atoms with Crippen LogP contribution in [0.3, 0.4) is 0 Å². The molecule has 1 aliphatic carbocycles. The first-order valence-corrected chi connectivity index (χ1v) is 8.26. The SMILES string of the molecule is CNCC1CCCN1CC(=O)N(C)C1CCC(C)CC1. The van der Waals surface area contributed by atoms with Crippen molar-refractivity contribution >= 4 is 5.91 Å². The Labute approximate surface area is 123 Å². The molecule has 2 aliphatic rings. The second-order valence-corrected chi connectivity index (χ2v) is 6.74. The quantitative estimate of drug-likeness (QED) is 0.833. The van der Waals surface area contributed by atoms with Gasteiger partial charge in [-0.25, -0.2) is 0 Å². The van der Waals surface area contributed by atoms with Crippen LogP contribution >= 0.6 is 0 Å². The van der Waals surface area contributed by atoms with E-state index in [2.05, 4.69) is 17.1 Å². The Bertz CT molecular complexity index is 313. The summed E-state index contributed by atoms with van der Waals surface area (Å²) in [5.41, 5.74) is 0. The van der Waals surface area contributed by atoms with Gasteiger partial charge in [-0.1, -0.05) is 6.92 Å². The molecule has 1 atom stereocenters. The van der Waals surface area contributed by atoms with Gasteiger partial charge in [-0.3, -0.25) is 9.69 Å². The van der Waals surface area contributed by atoms with Gasteiger partial charge in [0, 0.05) is 25.7 Å². The Hall–Kier alpha value is -0.610. The van der Waals surface area contributed by atoms with E-state index in [1.807, 2.05) is 19.0 Å². The lowest BCUT2D eigenvalue weighted by Gasteiger charge is -2.35. The molecular weight excluding hydrogens is 250 g/mol. The number of likely N-dealkylation sites (N-methyl/N-ethyl adjacent to an activating group) is 2. The predicted molar refractivity (Wildman–Crippen MR) is 82.7 cm³/mol. The summed E-state index contributed by atoms with van der Waals surface area (Å²) in [4.78, 5) is 16.9. The number of carbonyl (C=O) groups is 1. The van der Waals surface area contributed by atoms with Gasteiger partial charge in [-0.15, -0.1) is 0 Å². The summed E-state index contributed by atoms with van der Waals surface area (Å²) in [6.45, 7) is 5.01. The highest BCUT2D eigenvalue weighted by Gasteiger charge is 2.29. The summed E-state index contributed by atoms with van der Waals surface area (Å²) >= 11 is 0. The van der Waals surface area contributed by atoms with Gasteiger partial charge in [0.05, 0.1) is 6.54 Å².